The summed E-state index contributed by atoms with van der Waals surface area (Å²) in [7, 11) is 0. The van der Waals surface area contributed by atoms with Gasteiger partial charge in [-0.15, -0.1) is 11.3 Å². The highest BCUT2D eigenvalue weighted by Gasteiger charge is 2.34. The fraction of sp³-hybridized carbons (Fsp3) is 0.154. The van der Waals surface area contributed by atoms with E-state index in [2.05, 4.69) is 10.3 Å². The number of hydrogen-bond acceptors (Lipinski definition) is 2. The maximum atomic E-state index is 12.6. The smallest absolute Gasteiger partial charge is 0.369 e. The van der Waals surface area contributed by atoms with E-state index >= 15 is 0 Å². The molecule has 0 radical (unpaired) electrons. The van der Waals surface area contributed by atoms with Crippen LogP contribution < -0.4 is 11.1 Å². The van der Waals surface area contributed by atoms with Crippen LogP contribution in [0, 0.1) is 0 Å². The van der Waals surface area contributed by atoms with Crippen molar-refractivity contribution in [3.8, 4) is 0 Å². The molecule has 2 aromatic rings. The quantitative estimate of drug-likeness (QED) is 0.406. The molecule has 130 valence electrons. The van der Waals surface area contributed by atoms with Gasteiger partial charge in [0.25, 0.3) is 0 Å². The molecule has 3 N–H and O–H groups in total. The Hall–Kier alpha value is -1.94. The summed E-state index contributed by atoms with van der Waals surface area (Å²) >= 11 is 5.94. The first-order valence-electron chi connectivity index (χ1n) is 6.12. The minimum Gasteiger partial charge on any atom is -0.369 e. The van der Waals surface area contributed by atoms with Crippen LogP contribution in [0.5, 0.6) is 0 Å². The molecule has 0 atom stereocenters. The van der Waals surface area contributed by atoms with Crippen molar-refractivity contribution in [2.24, 2.45) is 10.7 Å². The van der Waals surface area contributed by atoms with Gasteiger partial charge >= 0.3 is 12.4 Å². The predicted octanol–water partition coefficient (Wildman–Crippen LogP) is 5.50. The highest BCUT2D eigenvalue weighted by atomic mass is 35.5. The van der Waals surface area contributed by atoms with Crippen LogP contribution >= 0.6 is 22.9 Å². The lowest BCUT2D eigenvalue weighted by atomic mass is 10.2. The third-order valence-electron chi connectivity index (χ3n) is 2.65. The minimum atomic E-state index is -4.58. The lowest BCUT2D eigenvalue weighted by Gasteiger charge is -2.10. The van der Waals surface area contributed by atoms with Crippen LogP contribution in [-0.2, 0) is 12.4 Å². The molecule has 0 unspecified atom stereocenters. The zero-order chi connectivity index (χ0) is 18.1. The molecule has 0 aliphatic rings. The van der Waals surface area contributed by atoms with Crippen molar-refractivity contribution in [1.82, 2.24) is 0 Å². The number of guanidine groups is 1. The zero-order valence-corrected chi connectivity index (χ0v) is 13.0. The molecule has 1 heterocycles. The number of nitrogens with zero attached hydrogens (tertiary/aromatic N) is 1. The Bertz CT molecular complexity index is 766. The second-order valence-corrected chi connectivity index (χ2v) is 6.12. The first-order chi connectivity index (χ1) is 11.0. The average Bonchev–Trinajstić information content (AvgIpc) is 2.79. The minimum absolute atomic E-state index is 0.0199. The standard InChI is InChI=1S/C13H8ClF6N3S/c14-10-8(5-9(24-10)13(18,19)20)23-11(21)22-7-3-1-2-6(4-7)12(15,16)17/h1-5H,(H3,21,22,23). The molecule has 0 spiro atoms. The third-order valence-corrected chi connectivity index (χ3v) is 4.03. The normalized spacial score (nSPS) is 13.2. The second kappa shape index (κ2) is 6.52. The topological polar surface area (TPSA) is 50.4 Å². The summed E-state index contributed by atoms with van der Waals surface area (Å²) in [6.07, 6.45) is -9.12. The van der Waals surface area contributed by atoms with Crippen LogP contribution in [0.15, 0.2) is 35.3 Å². The Morgan fingerprint density at radius 3 is 2.29 bits per heavy atom. The summed E-state index contributed by atoms with van der Waals surface area (Å²) in [5.41, 5.74) is 4.35. The van der Waals surface area contributed by atoms with Crippen LogP contribution in [-0.4, -0.2) is 5.96 Å². The number of rotatable bonds is 2. The summed E-state index contributed by atoms with van der Waals surface area (Å²) < 4.78 is 75.3. The Morgan fingerprint density at radius 1 is 1.08 bits per heavy atom. The monoisotopic (exact) mass is 387 g/mol. The molecule has 0 saturated carbocycles. The SMILES string of the molecule is NC(=Nc1cc(C(F)(F)F)sc1Cl)Nc1cccc(C(F)(F)F)c1. The second-order valence-electron chi connectivity index (χ2n) is 4.47. The van der Waals surface area contributed by atoms with E-state index in [9.17, 15) is 26.3 Å². The van der Waals surface area contributed by atoms with E-state index in [1.54, 1.807) is 0 Å². The van der Waals surface area contributed by atoms with E-state index in [0.29, 0.717) is 6.07 Å². The van der Waals surface area contributed by atoms with Crippen molar-refractivity contribution in [2.45, 2.75) is 12.4 Å². The van der Waals surface area contributed by atoms with Crippen molar-refractivity contribution < 1.29 is 26.3 Å². The first kappa shape index (κ1) is 18.4. The third kappa shape index (κ3) is 4.54. The number of benzene rings is 1. The van der Waals surface area contributed by atoms with Crippen LogP contribution in [0.25, 0.3) is 0 Å². The fourth-order valence-electron chi connectivity index (χ4n) is 1.65. The van der Waals surface area contributed by atoms with Crippen molar-refractivity contribution in [2.75, 3.05) is 5.32 Å². The molecule has 3 nitrogen and oxygen atoms in total. The molecule has 0 aliphatic carbocycles. The van der Waals surface area contributed by atoms with Crippen molar-refractivity contribution in [3.05, 3.63) is 45.1 Å². The Balaban J connectivity index is 2.23. The number of hydrogen-bond donors (Lipinski definition) is 2. The first-order valence-corrected chi connectivity index (χ1v) is 7.31. The number of alkyl halides is 6. The molecule has 2 rings (SSSR count). The highest BCUT2D eigenvalue weighted by Crippen LogP contribution is 2.42. The highest BCUT2D eigenvalue weighted by molar-refractivity contribution is 7.17. The number of anilines is 1. The average molecular weight is 388 g/mol. The van der Waals surface area contributed by atoms with Gasteiger partial charge in [-0.05, 0) is 24.3 Å². The fourth-order valence-corrected chi connectivity index (χ4v) is 2.69. The molecular weight excluding hydrogens is 380 g/mol. The Labute approximate surface area is 140 Å². The molecule has 0 amide bonds. The van der Waals surface area contributed by atoms with E-state index in [4.69, 9.17) is 17.3 Å². The van der Waals surface area contributed by atoms with Gasteiger partial charge in [-0.2, -0.15) is 26.3 Å². The van der Waals surface area contributed by atoms with Crippen molar-refractivity contribution in [3.63, 3.8) is 0 Å². The Kier molecular flexibility index (Phi) is 5.00. The molecule has 0 fully saturated rings. The molecule has 24 heavy (non-hydrogen) atoms. The van der Waals surface area contributed by atoms with Gasteiger partial charge in [-0.25, -0.2) is 4.99 Å². The van der Waals surface area contributed by atoms with Gasteiger partial charge in [0.1, 0.15) is 9.21 Å². The molecule has 0 saturated heterocycles. The number of thiophene rings is 1. The van der Waals surface area contributed by atoms with Crippen LogP contribution in [0.2, 0.25) is 4.34 Å². The number of nitrogens with two attached hydrogens (primary N) is 1. The summed E-state index contributed by atoms with van der Waals surface area (Å²) in [5.74, 6) is -0.400. The van der Waals surface area contributed by atoms with Crippen LogP contribution in [0.4, 0.5) is 37.7 Å². The van der Waals surface area contributed by atoms with Gasteiger partial charge in [0.05, 0.1) is 11.3 Å². The summed E-state index contributed by atoms with van der Waals surface area (Å²) in [4.78, 5) is 2.70. The van der Waals surface area contributed by atoms with Gasteiger partial charge in [-0.3, -0.25) is 0 Å². The van der Waals surface area contributed by atoms with Crippen molar-refractivity contribution in [1.29, 1.82) is 0 Å². The maximum Gasteiger partial charge on any atom is 0.425 e. The lowest BCUT2D eigenvalue weighted by Crippen LogP contribution is -2.22. The number of halogens is 7. The summed E-state index contributed by atoms with van der Waals surface area (Å²) in [5, 5.41) is 2.37. The molecule has 0 aliphatic heterocycles. The largest absolute Gasteiger partial charge is 0.425 e. The summed E-state index contributed by atoms with van der Waals surface area (Å²) in [6.45, 7) is 0. The van der Waals surface area contributed by atoms with Gasteiger partial charge in [0.2, 0.25) is 0 Å². The number of aliphatic imine (C=N–C) groups is 1. The maximum absolute atomic E-state index is 12.6. The van der Waals surface area contributed by atoms with Crippen molar-refractivity contribution >= 4 is 40.3 Å². The molecule has 1 aromatic carbocycles. The van der Waals surface area contributed by atoms with E-state index in [1.165, 1.54) is 6.07 Å². The molecule has 1 aromatic heterocycles. The van der Waals surface area contributed by atoms with Crippen LogP contribution in [0.3, 0.4) is 0 Å². The zero-order valence-electron chi connectivity index (χ0n) is 11.5. The van der Waals surface area contributed by atoms with E-state index < -0.39 is 28.8 Å². The number of nitrogens with one attached hydrogen (secondary N) is 1. The lowest BCUT2D eigenvalue weighted by molar-refractivity contribution is -0.137. The van der Waals surface area contributed by atoms with Crippen LogP contribution in [0.1, 0.15) is 10.4 Å². The molecular formula is C13H8ClF6N3S. The van der Waals surface area contributed by atoms with E-state index in [-0.39, 0.29) is 27.0 Å². The molecule has 0 bridgehead atoms. The molecule has 11 heteroatoms. The van der Waals surface area contributed by atoms with E-state index in [0.717, 1.165) is 18.2 Å². The van der Waals surface area contributed by atoms with Gasteiger partial charge in [-0.1, -0.05) is 17.7 Å². The van der Waals surface area contributed by atoms with Gasteiger partial charge < -0.3 is 11.1 Å². The van der Waals surface area contributed by atoms with Gasteiger partial charge in [0, 0.05) is 5.69 Å². The predicted molar refractivity (Wildman–Crippen MR) is 80.7 cm³/mol. The van der Waals surface area contributed by atoms with Gasteiger partial charge in [0.15, 0.2) is 5.96 Å². The Morgan fingerprint density at radius 2 is 1.75 bits per heavy atom. The summed E-state index contributed by atoms with van der Waals surface area (Å²) in [6, 6.07) is 4.81. The van der Waals surface area contributed by atoms with E-state index in [1.807, 2.05) is 0 Å².